The highest BCUT2D eigenvalue weighted by Crippen LogP contribution is 2.29. The van der Waals surface area contributed by atoms with E-state index in [2.05, 4.69) is 0 Å². The van der Waals surface area contributed by atoms with Gasteiger partial charge in [0.1, 0.15) is 5.75 Å². The quantitative estimate of drug-likeness (QED) is 0.392. The molecule has 0 aliphatic carbocycles. The summed E-state index contributed by atoms with van der Waals surface area (Å²) in [7, 11) is 1.56. The van der Waals surface area contributed by atoms with Crippen LogP contribution in [-0.2, 0) is 0 Å². The van der Waals surface area contributed by atoms with Crippen molar-refractivity contribution in [3.05, 3.63) is 68.2 Å². The van der Waals surface area contributed by atoms with E-state index < -0.39 is 27.0 Å². The first-order valence-electron chi connectivity index (χ1n) is 5.69. The summed E-state index contributed by atoms with van der Waals surface area (Å²) in [5, 5.41) is 39.7. The average Bonchev–Trinajstić information content (AvgIpc) is 2.48. The minimum absolute atomic E-state index is 0.426. The van der Waals surface area contributed by atoms with Gasteiger partial charge < -0.3 is 15.1 Å². The number of methoxy groups -OCH3 is 1. The van der Waals surface area contributed by atoms with E-state index in [1.807, 2.05) is 0 Å². The van der Waals surface area contributed by atoms with E-state index in [1.54, 1.807) is 19.2 Å². The van der Waals surface area contributed by atoms with Gasteiger partial charge in [-0.05, 0) is 6.07 Å². The Kier molecular flexibility index (Phi) is 5.58. The molecule has 10 nitrogen and oxygen atoms in total. The molecule has 0 aliphatic rings. The fourth-order valence-corrected chi connectivity index (χ4v) is 1.31. The van der Waals surface area contributed by atoms with Crippen molar-refractivity contribution in [1.82, 2.24) is 0 Å². The Bertz CT molecular complexity index is 673. The summed E-state index contributed by atoms with van der Waals surface area (Å²) in [5.74, 6) is 0.109. The lowest BCUT2D eigenvalue weighted by Crippen LogP contribution is -2.23. The number of non-ortho nitro benzene ring substituents is 1. The lowest BCUT2D eigenvalue weighted by Gasteiger charge is -1.96. The van der Waals surface area contributed by atoms with Crippen LogP contribution >= 0.6 is 0 Å². The molecule has 10 heteroatoms. The Morgan fingerprint density at radius 2 is 1.68 bits per heavy atom. The first-order chi connectivity index (χ1) is 10.3. The first kappa shape index (κ1) is 16.6. The summed E-state index contributed by atoms with van der Waals surface area (Å²) >= 11 is 0. The number of nitrogens with zero attached hydrogens (tertiary/aromatic N) is 3. The molecule has 1 aromatic heterocycles. The van der Waals surface area contributed by atoms with Crippen molar-refractivity contribution >= 4 is 11.4 Å². The number of phenols is 1. The van der Waals surface area contributed by atoms with Gasteiger partial charge in [0, 0.05) is 18.2 Å². The van der Waals surface area contributed by atoms with Gasteiger partial charge in [-0.15, -0.1) is 0 Å². The highest BCUT2D eigenvalue weighted by molar-refractivity contribution is 5.52. The first-order valence-corrected chi connectivity index (χ1v) is 5.69. The van der Waals surface area contributed by atoms with Crippen molar-refractivity contribution in [2.45, 2.75) is 0 Å². The van der Waals surface area contributed by atoms with Crippen molar-refractivity contribution in [2.75, 3.05) is 7.11 Å². The van der Waals surface area contributed by atoms with Gasteiger partial charge in [0.2, 0.25) is 0 Å². The molecule has 0 spiro atoms. The summed E-state index contributed by atoms with van der Waals surface area (Å²) in [4.78, 5) is 18.7. The van der Waals surface area contributed by atoms with Crippen LogP contribution in [0, 0.1) is 25.4 Å². The molecule has 0 fully saturated rings. The van der Waals surface area contributed by atoms with Crippen LogP contribution in [0.5, 0.6) is 11.5 Å². The van der Waals surface area contributed by atoms with Crippen molar-refractivity contribution in [3.8, 4) is 11.5 Å². The van der Waals surface area contributed by atoms with Crippen molar-refractivity contribution in [3.63, 3.8) is 0 Å². The number of aromatic hydroxyl groups is 1. The second-order valence-corrected chi connectivity index (χ2v) is 3.79. The summed E-state index contributed by atoms with van der Waals surface area (Å²) in [6.45, 7) is 0. The third-order valence-electron chi connectivity index (χ3n) is 2.37. The monoisotopic (exact) mass is 309 g/mol. The zero-order valence-corrected chi connectivity index (χ0v) is 11.3. The zero-order valence-electron chi connectivity index (χ0n) is 11.3. The molecular weight excluding hydrogens is 298 g/mol. The van der Waals surface area contributed by atoms with E-state index in [0.29, 0.717) is 16.5 Å². The predicted octanol–water partition coefficient (Wildman–Crippen LogP) is 1.54. The van der Waals surface area contributed by atoms with E-state index in [4.69, 9.17) is 9.84 Å². The second kappa shape index (κ2) is 7.38. The Hall–Kier alpha value is -3.43. The molecule has 1 aromatic carbocycles. The highest BCUT2D eigenvalue weighted by Gasteiger charge is 2.18. The van der Waals surface area contributed by atoms with Crippen molar-refractivity contribution < 1.29 is 24.4 Å². The van der Waals surface area contributed by atoms with E-state index in [1.165, 1.54) is 12.4 Å². The van der Waals surface area contributed by atoms with Crippen molar-refractivity contribution in [1.29, 1.82) is 0 Å². The van der Waals surface area contributed by atoms with Gasteiger partial charge in [-0.3, -0.25) is 20.2 Å². The summed E-state index contributed by atoms with van der Waals surface area (Å²) in [6.07, 6.45) is 2.78. The van der Waals surface area contributed by atoms with Crippen LogP contribution in [0.25, 0.3) is 0 Å². The third kappa shape index (κ3) is 4.59. The molecule has 116 valence electrons. The van der Waals surface area contributed by atoms with Gasteiger partial charge in [-0.1, -0.05) is 0 Å². The van der Waals surface area contributed by atoms with Gasteiger partial charge >= 0.3 is 5.69 Å². The van der Waals surface area contributed by atoms with Crippen LogP contribution in [0.3, 0.4) is 0 Å². The fraction of sp³-hybridized carbons (Fsp3) is 0.0833. The van der Waals surface area contributed by atoms with Crippen LogP contribution in [0.4, 0.5) is 11.4 Å². The number of hydrogen-bond acceptors (Lipinski definition) is 7. The van der Waals surface area contributed by atoms with E-state index >= 15 is 0 Å². The largest absolute Gasteiger partial charge is 0.619 e. The lowest BCUT2D eigenvalue weighted by molar-refractivity contribution is -0.605. The van der Waals surface area contributed by atoms with Gasteiger partial charge in [0.05, 0.1) is 23.0 Å². The average molecular weight is 309 g/mol. The smallest absolute Gasteiger partial charge is 0.317 e. The number of benzene rings is 1. The Morgan fingerprint density at radius 3 is 2.14 bits per heavy atom. The second-order valence-electron chi connectivity index (χ2n) is 3.79. The number of pyridine rings is 1. The molecule has 0 unspecified atom stereocenters. The number of ether oxygens (including phenoxy) is 1. The molecule has 0 saturated carbocycles. The predicted molar refractivity (Wildman–Crippen MR) is 73.4 cm³/mol. The van der Waals surface area contributed by atoms with Gasteiger partial charge in [0.25, 0.3) is 5.69 Å². The molecule has 0 amide bonds. The molecule has 2 rings (SSSR count). The minimum Gasteiger partial charge on any atom is -0.619 e. The number of phenolic OH excluding ortho intramolecular Hbond substituents is 1. The molecule has 0 atom stereocenters. The standard InChI is InChI=1S/C6H4N2O5.C6H7NO2/c9-6-2-1-4(7(10)11)3-5(6)8(12)13;1-9-6-2-4-7(8)5-3-6/h1-3,9H;2-5H,1H3. The summed E-state index contributed by atoms with van der Waals surface area (Å²) in [5.41, 5.74) is -1.10. The molecular formula is C12H11N3O7. The van der Waals surface area contributed by atoms with Gasteiger partial charge in [0.15, 0.2) is 18.1 Å². The van der Waals surface area contributed by atoms with Gasteiger partial charge in [-0.2, -0.15) is 4.73 Å². The maximum Gasteiger partial charge on any atom is 0.317 e. The topological polar surface area (TPSA) is 143 Å². The molecule has 22 heavy (non-hydrogen) atoms. The van der Waals surface area contributed by atoms with E-state index in [0.717, 1.165) is 12.1 Å². The Balaban J connectivity index is 0.000000235. The minimum atomic E-state index is -0.887. The molecule has 2 aromatic rings. The fourth-order valence-electron chi connectivity index (χ4n) is 1.31. The van der Waals surface area contributed by atoms with Crippen LogP contribution < -0.4 is 9.47 Å². The molecule has 1 N–H and O–H groups in total. The van der Waals surface area contributed by atoms with Crippen LogP contribution in [0.2, 0.25) is 0 Å². The number of nitro benzene ring substituents is 2. The number of aromatic nitrogens is 1. The Morgan fingerprint density at radius 1 is 1.09 bits per heavy atom. The molecule has 0 bridgehead atoms. The van der Waals surface area contributed by atoms with Crippen molar-refractivity contribution in [2.24, 2.45) is 0 Å². The number of nitro groups is 2. The van der Waals surface area contributed by atoms with E-state index in [-0.39, 0.29) is 0 Å². The molecule has 1 heterocycles. The number of rotatable bonds is 3. The third-order valence-corrected chi connectivity index (χ3v) is 2.37. The lowest BCUT2D eigenvalue weighted by atomic mass is 10.2. The molecule has 0 aliphatic heterocycles. The normalized spacial score (nSPS) is 9.32. The molecule has 0 saturated heterocycles. The summed E-state index contributed by atoms with van der Waals surface area (Å²) < 4.78 is 5.53. The van der Waals surface area contributed by atoms with Gasteiger partial charge in [-0.25, -0.2) is 0 Å². The molecule has 0 radical (unpaired) electrons. The maximum atomic E-state index is 10.4. The zero-order chi connectivity index (χ0) is 16.7. The Labute approximate surface area is 123 Å². The SMILES string of the molecule is COc1cc[n+]([O-])cc1.O=[N+]([O-])c1ccc(O)c([N+](=O)[O-])c1. The maximum absolute atomic E-state index is 10.4. The number of hydrogen-bond donors (Lipinski definition) is 1. The summed E-state index contributed by atoms with van der Waals surface area (Å²) in [6, 6.07) is 5.81. The highest BCUT2D eigenvalue weighted by atomic mass is 16.6. The van der Waals surface area contributed by atoms with E-state index in [9.17, 15) is 25.4 Å². The van der Waals surface area contributed by atoms with Crippen LogP contribution in [0.1, 0.15) is 0 Å². The van der Waals surface area contributed by atoms with Crippen LogP contribution in [-0.4, -0.2) is 22.1 Å². The van der Waals surface area contributed by atoms with Crippen LogP contribution in [0.15, 0.2) is 42.7 Å².